The summed E-state index contributed by atoms with van der Waals surface area (Å²) in [4.78, 5) is 11.4. The molecule has 2 unspecified atom stereocenters. The molecule has 0 N–H and O–H groups in total. The number of hydrogen-bond donors (Lipinski definition) is 0. The lowest BCUT2D eigenvalue weighted by Crippen LogP contribution is -2.12. The Balaban J connectivity index is 2.60. The van der Waals surface area contributed by atoms with Crippen LogP contribution in [-0.2, 0) is 4.79 Å². The fourth-order valence-corrected chi connectivity index (χ4v) is 1.76. The maximum atomic E-state index is 11.4. The van der Waals surface area contributed by atoms with Crippen molar-refractivity contribution in [2.45, 2.75) is 39.0 Å². The van der Waals surface area contributed by atoms with Crippen molar-refractivity contribution in [3.05, 3.63) is 0 Å². The van der Waals surface area contributed by atoms with Crippen LogP contribution in [0.2, 0.25) is 0 Å². The smallest absolute Gasteiger partial charge is 0.148 e. The second kappa shape index (κ2) is 5.45. The first-order valence-electron chi connectivity index (χ1n) is 5.17. The van der Waals surface area contributed by atoms with E-state index in [1.165, 1.54) is 0 Å². The van der Waals surface area contributed by atoms with Gasteiger partial charge in [-0.3, -0.25) is 4.79 Å². The van der Waals surface area contributed by atoms with Gasteiger partial charge in [0.25, 0.3) is 0 Å². The van der Waals surface area contributed by atoms with E-state index >= 15 is 0 Å². The third kappa shape index (κ3) is 2.60. The van der Waals surface area contributed by atoms with Gasteiger partial charge in [0.2, 0.25) is 0 Å². The summed E-state index contributed by atoms with van der Waals surface area (Å²) < 4.78 is 0. The molecule has 0 heterocycles. The highest BCUT2D eigenvalue weighted by atomic mass is 16.1. The highest BCUT2D eigenvalue weighted by Gasteiger charge is 2.32. The Bertz CT molecular complexity index is 303. The molecule has 14 heavy (non-hydrogen) atoms. The molecule has 0 aromatic heterocycles. The molecule has 0 aliphatic heterocycles. The molecule has 0 radical (unpaired) electrons. The quantitative estimate of drug-likeness (QED) is 0.625. The van der Waals surface area contributed by atoms with E-state index in [-0.39, 0.29) is 17.6 Å². The topological polar surface area (TPSA) is 40.9 Å². The average Bonchev–Trinajstić information content (AvgIpc) is 2.50. The molecule has 1 rings (SSSR count). The van der Waals surface area contributed by atoms with Gasteiger partial charge in [-0.05, 0) is 18.8 Å². The van der Waals surface area contributed by atoms with Crippen LogP contribution < -0.4 is 0 Å². The number of carbonyl (C=O) groups excluding carboxylic acids is 1. The number of ketones is 1. The van der Waals surface area contributed by atoms with Crippen molar-refractivity contribution in [2.75, 3.05) is 0 Å². The van der Waals surface area contributed by atoms with Crippen molar-refractivity contribution in [1.82, 2.24) is 0 Å². The Labute approximate surface area is 85.3 Å². The second-order valence-electron chi connectivity index (χ2n) is 3.68. The molecule has 1 saturated carbocycles. The minimum atomic E-state index is -0.152. The van der Waals surface area contributed by atoms with Crippen molar-refractivity contribution in [2.24, 2.45) is 11.8 Å². The number of nitriles is 1. The molecule has 0 amide bonds. The van der Waals surface area contributed by atoms with Crippen LogP contribution in [0.1, 0.15) is 39.0 Å². The molecule has 2 nitrogen and oxygen atoms in total. The molecule has 1 aliphatic rings. The van der Waals surface area contributed by atoms with Crippen molar-refractivity contribution >= 4 is 5.78 Å². The zero-order valence-electron chi connectivity index (χ0n) is 8.55. The number of hydrogen-bond acceptors (Lipinski definition) is 2. The first-order valence-corrected chi connectivity index (χ1v) is 5.17. The second-order valence-corrected chi connectivity index (χ2v) is 3.68. The molecule has 74 valence electrons. The Morgan fingerprint density at radius 3 is 3.00 bits per heavy atom. The minimum Gasteiger partial charge on any atom is -0.298 e. The van der Waals surface area contributed by atoms with E-state index in [9.17, 15) is 4.79 Å². The van der Waals surface area contributed by atoms with Crippen LogP contribution in [0.15, 0.2) is 0 Å². The first-order chi connectivity index (χ1) is 6.79. The summed E-state index contributed by atoms with van der Waals surface area (Å²) in [6, 6.07) is 2.13. The molecular weight excluding hydrogens is 174 g/mol. The van der Waals surface area contributed by atoms with Gasteiger partial charge in [-0.2, -0.15) is 5.26 Å². The number of nitrogens with zero attached hydrogens (tertiary/aromatic N) is 1. The van der Waals surface area contributed by atoms with Crippen LogP contribution in [0.25, 0.3) is 0 Å². The zero-order chi connectivity index (χ0) is 10.4. The maximum Gasteiger partial charge on any atom is 0.148 e. The van der Waals surface area contributed by atoms with E-state index in [2.05, 4.69) is 24.8 Å². The van der Waals surface area contributed by atoms with Gasteiger partial charge in [-0.15, -0.1) is 5.92 Å². The first kappa shape index (κ1) is 10.8. The van der Waals surface area contributed by atoms with Gasteiger partial charge in [0.1, 0.15) is 5.78 Å². The highest BCUT2D eigenvalue weighted by molar-refractivity contribution is 5.86. The van der Waals surface area contributed by atoms with Gasteiger partial charge < -0.3 is 0 Å². The average molecular weight is 189 g/mol. The molecule has 0 saturated heterocycles. The van der Waals surface area contributed by atoms with Gasteiger partial charge in [0, 0.05) is 19.3 Å². The highest BCUT2D eigenvalue weighted by Crippen LogP contribution is 2.30. The molecule has 0 aromatic rings. The summed E-state index contributed by atoms with van der Waals surface area (Å²) in [6.45, 7) is 2.07. The lowest BCUT2D eigenvalue weighted by molar-refractivity contribution is -0.119. The number of unbranched alkanes of at least 4 members (excludes halogenated alkanes) is 1. The summed E-state index contributed by atoms with van der Waals surface area (Å²) >= 11 is 0. The van der Waals surface area contributed by atoms with Gasteiger partial charge in [-0.1, -0.05) is 12.8 Å². The largest absolute Gasteiger partial charge is 0.298 e. The van der Waals surface area contributed by atoms with Crippen LogP contribution >= 0.6 is 0 Å². The van der Waals surface area contributed by atoms with Crippen LogP contribution in [0.4, 0.5) is 0 Å². The Morgan fingerprint density at radius 1 is 1.57 bits per heavy atom. The normalized spacial score (nSPS) is 25.3. The fraction of sp³-hybridized carbons (Fsp3) is 0.667. The zero-order valence-corrected chi connectivity index (χ0v) is 8.55. The maximum absolute atomic E-state index is 11.4. The van der Waals surface area contributed by atoms with Crippen molar-refractivity contribution < 1.29 is 4.79 Å². The number of Topliss-reactive ketones (excluding diaryl/α,β-unsaturated/α-hetero) is 1. The van der Waals surface area contributed by atoms with Crippen LogP contribution in [-0.4, -0.2) is 5.78 Å². The van der Waals surface area contributed by atoms with Crippen LogP contribution in [0, 0.1) is 35.0 Å². The molecular formula is C12H15NO. The summed E-state index contributed by atoms with van der Waals surface area (Å²) in [7, 11) is 0. The Kier molecular flexibility index (Phi) is 4.20. The third-order valence-electron chi connectivity index (χ3n) is 2.57. The van der Waals surface area contributed by atoms with Crippen LogP contribution in [0.3, 0.4) is 0 Å². The summed E-state index contributed by atoms with van der Waals surface area (Å²) in [5.41, 5.74) is 0. The predicted octanol–water partition coefficient (Wildman–Crippen LogP) is 2.30. The van der Waals surface area contributed by atoms with Gasteiger partial charge in [0.05, 0.1) is 12.0 Å². The van der Waals surface area contributed by atoms with Gasteiger partial charge in [-0.25, -0.2) is 0 Å². The Morgan fingerprint density at radius 2 is 2.36 bits per heavy atom. The summed E-state index contributed by atoms with van der Waals surface area (Å²) in [6.07, 6.45) is 3.80. The summed E-state index contributed by atoms with van der Waals surface area (Å²) in [5, 5.41) is 8.59. The fourth-order valence-electron chi connectivity index (χ4n) is 1.76. The predicted molar refractivity (Wildman–Crippen MR) is 54.1 cm³/mol. The lowest BCUT2D eigenvalue weighted by Gasteiger charge is -2.07. The standard InChI is InChI=1S/C12H15NO/c1-2-3-4-5-11-10(8-9-13)6-7-12(11)14/h10-11H,2-3,6-8H2,1H3. The van der Waals surface area contributed by atoms with Crippen LogP contribution in [0.5, 0.6) is 0 Å². The van der Waals surface area contributed by atoms with E-state index in [0.29, 0.717) is 12.8 Å². The van der Waals surface area contributed by atoms with Crippen molar-refractivity contribution in [3.63, 3.8) is 0 Å². The Hall–Kier alpha value is -1.28. The molecule has 1 aliphatic carbocycles. The van der Waals surface area contributed by atoms with E-state index in [0.717, 1.165) is 19.3 Å². The van der Waals surface area contributed by atoms with E-state index < -0.39 is 0 Å². The minimum absolute atomic E-state index is 0.152. The van der Waals surface area contributed by atoms with Gasteiger partial charge in [0.15, 0.2) is 0 Å². The van der Waals surface area contributed by atoms with E-state index in [4.69, 9.17) is 5.26 Å². The third-order valence-corrected chi connectivity index (χ3v) is 2.57. The number of rotatable bonds is 2. The van der Waals surface area contributed by atoms with E-state index in [1.807, 2.05) is 0 Å². The molecule has 2 atom stereocenters. The molecule has 2 heteroatoms. The van der Waals surface area contributed by atoms with Crippen molar-refractivity contribution in [1.29, 1.82) is 5.26 Å². The molecule has 1 fully saturated rings. The van der Waals surface area contributed by atoms with Crippen molar-refractivity contribution in [3.8, 4) is 17.9 Å². The molecule has 0 spiro atoms. The SMILES string of the molecule is CCCC#CC1C(=O)CCC1CC#N. The molecule has 0 bridgehead atoms. The monoisotopic (exact) mass is 189 g/mol. The molecule has 0 aromatic carbocycles. The van der Waals surface area contributed by atoms with E-state index in [1.54, 1.807) is 0 Å². The van der Waals surface area contributed by atoms with Gasteiger partial charge >= 0.3 is 0 Å². The summed E-state index contributed by atoms with van der Waals surface area (Å²) in [5.74, 6) is 6.30. The number of carbonyl (C=O) groups is 1. The lowest BCUT2D eigenvalue weighted by atomic mass is 9.93.